The molecule has 3 atom stereocenters. The summed E-state index contributed by atoms with van der Waals surface area (Å²) in [5.41, 5.74) is 0.524. The van der Waals surface area contributed by atoms with Crippen LogP contribution in [0.1, 0.15) is 33.6 Å². The maximum absolute atomic E-state index is 2.57. The van der Waals surface area contributed by atoms with Crippen molar-refractivity contribution in [3.63, 3.8) is 0 Å². The van der Waals surface area contributed by atoms with Crippen LogP contribution in [0.5, 0.6) is 0 Å². The fourth-order valence-corrected chi connectivity index (χ4v) is 3.55. The molecule has 2 fully saturated rings. The standard InChI is InChI=1S/C11H21N/c1-11(2,3)10-8-5-6-9(10)12(4)7-8/h8-10H,5-7H2,1-4H3. The molecule has 1 saturated heterocycles. The van der Waals surface area contributed by atoms with E-state index in [1.807, 2.05) is 0 Å². The summed E-state index contributed by atoms with van der Waals surface area (Å²) in [5, 5.41) is 0. The second-order valence-corrected chi connectivity index (χ2v) is 5.74. The first kappa shape index (κ1) is 8.55. The zero-order chi connectivity index (χ0) is 8.93. The summed E-state index contributed by atoms with van der Waals surface area (Å²) < 4.78 is 0. The summed E-state index contributed by atoms with van der Waals surface area (Å²) in [6.07, 6.45) is 2.93. The van der Waals surface area contributed by atoms with Crippen molar-refractivity contribution in [1.29, 1.82) is 0 Å². The Bertz CT molecular complexity index is 180. The Labute approximate surface area is 76.1 Å². The van der Waals surface area contributed by atoms with E-state index >= 15 is 0 Å². The third-order valence-electron chi connectivity index (χ3n) is 3.84. The second kappa shape index (κ2) is 2.47. The molecule has 0 aromatic heterocycles. The first-order chi connectivity index (χ1) is 5.50. The molecule has 1 nitrogen and oxygen atoms in total. The number of hydrogen-bond donors (Lipinski definition) is 0. The third-order valence-corrected chi connectivity index (χ3v) is 3.84. The monoisotopic (exact) mass is 167 g/mol. The molecule has 1 aliphatic carbocycles. The largest absolute Gasteiger partial charge is 0.303 e. The molecular formula is C11H21N. The van der Waals surface area contributed by atoms with Gasteiger partial charge >= 0.3 is 0 Å². The van der Waals surface area contributed by atoms with Crippen molar-refractivity contribution in [3.05, 3.63) is 0 Å². The Hall–Kier alpha value is -0.0400. The number of piperidine rings is 1. The highest BCUT2D eigenvalue weighted by molar-refractivity contribution is 5.02. The quantitative estimate of drug-likeness (QED) is 0.535. The van der Waals surface area contributed by atoms with E-state index in [-0.39, 0.29) is 0 Å². The molecule has 70 valence electrons. The lowest BCUT2D eigenvalue weighted by Crippen LogP contribution is -2.33. The molecule has 0 amide bonds. The fraction of sp³-hybridized carbons (Fsp3) is 1.00. The average Bonchev–Trinajstić information content (AvgIpc) is 2.39. The first-order valence-electron chi connectivity index (χ1n) is 5.20. The molecule has 0 spiro atoms. The van der Waals surface area contributed by atoms with Crippen LogP contribution in [0.4, 0.5) is 0 Å². The highest BCUT2D eigenvalue weighted by atomic mass is 15.2. The molecule has 0 aromatic rings. The lowest BCUT2D eigenvalue weighted by molar-refractivity contribution is 0.180. The van der Waals surface area contributed by atoms with Crippen molar-refractivity contribution in [1.82, 2.24) is 4.90 Å². The smallest absolute Gasteiger partial charge is 0.0129 e. The van der Waals surface area contributed by atoms with Crippen LogP contribution >= 0.6 is 0 Å². The van der Waals surface area contributed by atoms with Gasteiger partial charge in [0, 0.05) is 12.6 Å². The van der Waals surface area contributed by atoms with Crippen LogP contribution < -0.4 is 0 Å². The molecule has 2 aliphatic rings. The molecule has 1 heteroatoms. The summed E-state index contributed by atoms with van der Waals surface area (Å²) in [7, 11) is 2.29. The van der Waals surface area contributed by atoms with E-state index in [9.17, 15) is 0 Å². The zero-order valence-electron chi connectivity index (χ0n) is 8.80. The number of fused-ring (bicyclic) bond motifs is 2. The molecule has 0 radical (unpaired) electrons. The molecular weight excluding hydrogens is 146 g/mol. The molecule has 1 heterocycles. The molecule has 0 N–H and O–H groups in total. The third kappa shape index (κ3) is 1.10. The van der Waals surface area contributed by atoms with Gasteiger partial charge in [0.2, 0.25) is 0 Å². The lowest BCUT2D eigenvalue weighted by atomic mass is 9.75. The number of nitrogens with zero attached hydrogens (tertiary/aromatic N) is 1. The maximum Gasteiger partial charge on any atom is 0.0129 e. The topological polar surface area (TPSA) is 3.24 Å². The normalized spacial score (nSPS) is 42.5. The molecule has 12 heavy (non-hydrogen) atoms. The number of hydrogen-bond acceptors (Lipinski definition) is 1. The molecule has 3 unspecified atom stereocenters. The van der Waals surface area contributed by atoms with Crippen molar-refractivity contribution < 1.29 is 0 Å². The SMILES string of the molecule is CN1CC2CCC1C2C(C)(C)C. The first-order valence-corrected chi connectivity index (χ1v) is 5.20. The van der Waals surface area contributed by atoms with Gasteiger partial charge < -0.3 is 4.90 Å². The van der Waals surface area contributed by atoms with Crippen LogP contribution in [0.2, 0.25) is 0 Å². The van der Waals surface area contributed by atoms with Crippen LogP contribution in [0.15, 0.2) is 0 Å². The van der Waals surface area contributed by atoms with Gasteiger partial charge in [0.15, 0.2) is 0 Å². The highest BCUT2D eigenvalue weighted by Gasteiger charge is 2.49. The van der Waals surface area contributed by atoms with E-state index in [1.54, 1.807) is 0 Å². The molecule has 1 aliphatic heterocycles. The van der Waals surface area contributed by atoms with Gasteiger partial charge in [-0.25, -0.2) is 0 Å². The summed E-state index contributed by atoms with van der Waals surface area (Å²) >= 11 is 0. The van der Waals surface area contributed by atoms with E-state index in [4.69, 9.17) is 0 Å². The van der Waals surface area contributed by atoms with E-state index in [0.717, 1.165) is 17.9 Å². The minimum Gasteiger partial charge on any atom is -0.303 e. The predicted molar refractivity (Wildman–Crippen MR) is 52.1 cm³/mol. The van der Waals surface area contributed by atoms with Crippen molar-refractivity contribution in [2.75, 3.05) is 13.6 Å². The van der Waals surface area contributed by atoms with Gasteiger partial charge in [0.05, 0.1) is 0 Å². The van der Waals surface area contributed by atoms with Crippen LogP contribution in [0.25, 0.3) is 0 Å². The summed E-state index contributed by atoms with van der Waals surface area (Å²) in [5.74, 6) is 1.96. The Morgan fingerprint density at radius 1 is 1.17 bits per heavy atom. The van der Waals surface area contributed by atoms with Gasteiger partial charge in [-0.3, -0.25) is 0 Å². The predicted octanol–water partition coefficient (Wildman–Crippen LogP) is 2.37. The molecule has 2 bridgehead atoms. The Morgan fingerprint density at radius 2 is 1.83 bits per heavy atom. The lowest BCUT2D eigenvalue weighted by Gasteiger charge is -2.31. The Balaban J connectivity index is 2.19. The summed E-state index contributed by atoms with van der Waals surface area (Å²) in [6.45, 7) is 8.57. The minimum absolute atomic E-state index is 0.524. The van der Waals surface area contributed by atoms with Crippen LogP contribution in [-0.2, 0) is 0 Å². The van der Waals surface area contributed by atoms with E-state index in [2.05, 4.69) is 32.7 Å². The van der Waals surface area contributed by atoms with Gasteiger partial charge in [-0.2, -0.15) is 0 Å². The van der Waals surface area contributed by atoms with Gasteiger partial charge in [-0.15, -0.1) is 0 Å². The van der Waals surface area contributed by atoms with Crippen LogP contribution in [0, 0.1) is 17.3 Å². The maximum atomic E-state index is 2.57. The molecule has 0 aromatic carbocycles. The van der Waals surface area contributed by atoms with Crippen LogP contribution in [-0.4, -0.2) is 24.5 Å². The summed E-state index contributed by atoms with van der Waals surface area (Å²) in [6, 6.07) is 0.898. The molecule has 2 rings (SSSR count). The van der Waals surface area contributed by atoms with Crippen molar-refractivity contribution in [3.8, 4) is 0 Å². The van der Waals surface area contributed by atoms with Crippen molar-refractivity contribution in [2.45, 2.75) is 39.7 Å². The number of rotatable bonds is 0. The fourth-order valence-electron chi connectivity index (χ4n) is 3.55. The van der Waals surface area contributed by atoms with E-state index in [0.29, 0.717) is 5.41 Å². The number of likely N-dealkylation sites (tertiary alicyclic amines) is 1. The van der Waals surface area contributed by atoms with E-state index < -0.39 is 0 Å². The van der Waals surface area contributed by atoms with Gasteiger partial charge in [0.1, 0.15) is 0 Å². The minimum atomic E-state index is 0.524. The van der Waals surface area contributed by atoms with Crippen molar-refractivity contribution in [2.24, 2.45) is 17.3 Å². The van der Waals surface area contributed by atoms with Gasteiger partial charge in [-0.1, -0.05) is 20.8 Å². The Kier molecular flexibility index (Phi) is 1.76. The second-order valence-electron chi connectivity index (χ2n) is 5.74. The zero-order valence-corrected chi connectivity index (χ0v) is 8.80. The van der Waals surface area contributed by atoms with E-state index in [1.165, 1.54) is 19.4 Å². The van der Waals surface area contributed by atoms with Crippen LogP contribution in [0.3, 0.4) is 0 Å². The van der Waals surface area contributed by atoms with Crippen molar-refractivity contribution >= 4 is 0 Å². The average molecular weight is 167 g/mol. The van der Waals surface area contributed by atoms with Gasteiger partial charge in [-0.05, 0) is 37.1 Å². The highest BCUT2D eigenvalue weighted by Crippen LogP contribution is 2.50. The Morgan fingerprint density at radius 3 is 2.08 bits per heavy atom. The summed E-state index contributed by atoms with van der Waals surface area (Å²) in [4.78, 5) is 2.57. The van der Waals surface area contributed by atoms with Gasteiger partial charge in [0.25, 0.3) is 0 Å². The molecule has 1 saturated carbocycles.